The number of para-hydroxylation sites is 3. The third-order valence-corrected chi connectivity index (χ3v) is 22.6. The quantitative estimate of drug-likeness (QED) is 0.106. The Morgan fingerprint density at radius 3 is 1.09 bits per heavy atom. The van der Waals surface area contributed by atoms with Crippen molar-refractivity contribution in [2.75, 3.05) is 55.2 Å². The molecule has 0 bridgehead atoms. The number of amides is 9. The normalized spacial score (nSPS) is 26.7. The van der Waals surface area contributed by atoms with Crippen LogP contribution in [0.1, 0.15) is 149 Å². The summed E-state index contributed by atoms with van der Waals surface area (Å²) in [6, 6.07) is 32.5. The number of nitrogens with zero attached hydrogens (tertiary/aromatic N) is 9. The van der Waals surface area contributed by atoms with Crippen molar-refractivity contribution < 1.29 is 52.7 Å². The molecule has 6 saturated heterocycles. The lowest BCUT2D eigenvalue weighted by Gasteiger charge is -2.36. The summed E-state index contributed by atoms with van der Waals surface area (Å²) in [7, 11) is 0. The van der Waals surface area contributed by atoms with Crippen LogP contribution in [0.25, 0.3) is 0 Å². The maximum atomic E-state index is 14.0. The van der Waals surface area contributed by atoms with Crippen molar-refractivity contribution in [1.82, 2.24) is 29.4 Å². The van der Waals surface area contributed by atoms with Gasteiger partial charge < -0.3 is 61.6 Å². The van der Waals surface area contributed by atoms with Crippen LogP contribution in [0.5, 0.6) is 0 Å². The number of ether oxygens (including phenoxy) is 1. The molecular formula is C78H94N14O11. The van der Waals surface area contributed by atoms with Gasteiger partial charge in [0, 0.05) is 75.6 Å². The second-order valence-corrected chi connectivity index (χ2v) is 32.2. The van der Waals surface area contributed by atoms with Crippen LogP contribution in [0.3, 0.4) is 0 Å². The molecule has 0 radical (unpaired) electrons. The standard InChI is InChI=1S/C32H36N4O5.2C23H29N5O3/c1-31(2,3)24(16-27(37)41-19-21-10-5-4-6-11-21)28(38)35-15-9-14-26(35)29(39)36-20-32(17-22(36)18-33)23-12-7-8-13-25(23)34-30(32)40;2*1-22(2,3)18(25)20(30)27-10-6-9-17(27)19(29)28-13-23(11-14(28)12-24)15-7-4-5-8-16(15)26-21(23)31/h4-8,10-13,22,24,26H,9,14-17,19-20H2,1-3H3,(H,34,40);2*4-5,7-8,14,17-18H,6,9-11,13,25H2,1-3H3,(H,26,31)/t22-,24?,26-,32-;2*14-,17-,18?,23-/m000/s1. The van der Waals surface area contributed by atoms with Crippen LogP contribution in [0, 0.1) is 56.2 Å². The van der Waals surface area contributed by atoms with Crippen LogP contribution in [-0.4, -0.2) is 176 Å². The lowest BCUT2D eigenvalue weighted by atomic mass is 9.77. The lowest BCUT2D eigenvalue weighted by Crippen LogP contribution is -2.56. The van der Waals surface area contributed by atoms with E-state index >= 15 is 0 Å². The highest BCUT2D eigenvalue weighted by atomic mass is 16.5. The summed E-state index contributed by atoms with van der Waals surface area (Å²) >= 11 is 0. The average Bonchev–Trinajstić information content (AvgIpc) is 1.58. The average molecular weight is 1400 g/mol. The zero-order valence-electron chi connectivity index (χ0n) is 60.2. The Balaban J connectivity index is 0.000000157. The van der Waals surface area contributed by atoms with Crippen molar-refractivity contribution in [2.45, 2.75) is 198 Å². The summed E-state index contributed by atoms with van der Waals surface area (Å²) < 4.78 is 5.48. The van der Waals surface area contributed by atoms with Gasteiger partial charge in [0.25, 0.3) is 0 Å². The van der Waals surface area contributed by atoms with Crippen molar-refractivity contribution in [3.05, 3.63) is 125 Å². The fourth-order valence-electron chi connectivity index (χ4n) is 16.4. The summed E-state index contributed by atoms with van der Waals surface area (Å²) in [6.07, 6.45) is 4.18. The second kappa shape index (κ2) is 28.7. The maximum Gasteiger partial charge on any atom is 0.306 e. The maximum absolute atomic E-state index is 14.0. The summed E-state index contributed by atoms with van der Waals surface area (Å²) in [6.45, 7) is 18.9. The Bertz CT molecular complexity index is 4020. The number of rotatable bonds is 10. The highest BCUT2D eigenvalue weighted by Crippen LogP contribution is 2.50. The fourth-order valence-corrected chi connectivity index (χ4v) is 16.4. The fraction of sp³-hybridized carbons (Fsp3) is 0.526. The summed E-state index contributed by atoms with van der Waals surface area (Å²) in [5, 5.41) is 38.3. The molecule has 0 saturated carbocycles. The van der Waals surface area contributed by atoms with Gasteiger partial charge in [0.15, 0.2) is 0 Å². The van der Waals surface area contributed by atoms with Crippen LogP contribution in [0.15, 0.2) is 103 Å². The molecule has 0 aromatic heterocycles. The second-order valence-electron chi connectivity index (χ2n) is 32.2. The Labute approximate surface area is 601 Å². The molecule has 6 fully saturated rings. The first-order chi connectivity index (χ1) is 48.7. The smallest absolute Gasteiger partial charge is 0.306 e. The molecule has 9 amide bonds. The van der Waals surface area contributed by atoms with Gasteiger partial charge in [-0.1, -0.05) is 147 Å². The first-order valence-corrected chi connectivity index (χ1v) is 35.7. The molecule has 4 aromatic carbocycles. The highest BCUT2D eigenvalue weighted by Gasteiger charge is 2.61. The van der Waals surface area contributed by atoms with Crippen molar-refractivity contribution in [3.63, 3.8) is 0 Å². The number of fused-ring (bicyclic) bond motifs is 6. The van der Waals surface area contributed by atoms with Gasteiger partial charge >= 0.3 is 5.97 Å². The van der Waals surface area contributed by atoms with Crippen LogP contribution < -0.4 is 27.4 Å². The Hall–Kier alpha value is -10.0. The lowest BCUT2D eigenvalue weighted by molar-refractivity contribution is -0.155. The van der Waals surface area contributed by atoms with Gasteiger partial charge in [-0.3, -0.25) is 47.9 Å². The number of hydrogen-bond donors (Lipinski definition) is 5. The van der Waals surface area contributed by atoms with E-state index < -0.39 is 92.7 Å². The largest absolute Gasteiger partial charge is 0.461 e. The molecule has 12 atom stereocenters. The van der Waals surface area contributed by atoms with Gasteiger partial charge in [0.05, 0.1) is 58.9 Å². The van der Waals surface area contributed by atoms with E-state index in [1.807, 2.05) is 165 Å². The molecule has 103 heavy (non-hydrogen) atoms. The van der Waals surface area contributed by atoms with E-state index in [4.69, 9.17) is 16.2 Å². The third-order valence-electron chi connectivity index (χ3n) is 22.6. The molecular weight excluding hydrogens is 1310 g/mol. The minimum Gasteiger partial charge on any atom is -0.461 e. The number of nitrogens with two attached hydrogens (primary N) is 2. The molecule has 13 rings (SSSR count). The number of carbonyl (C=O) groups excluding carboxylic acids is 10. The number of hydrogen-bond acceptors (Lipinski definition) is 16. The number of nitrogens with one attached hydrogen (secondary N) is 3. The van der Waals surface area contributed by atoms with Crippen LogP contribution in [-0.2, 0) is 75.5 Å². The molecule has 9 aliphatic rings. The summed E-state index contributed by atoms with van der Waals surface area (Å²) in [5.74, 6) is -3.35. The van der Waals surface area contributed by atoms with Crippen molar-refractivity contribution in [3.8, 4) is 18.2 Å². The van der Waals surface area contributed by atoms with Gasteiger partial charge in [-0.25, -0.2) is 0 Å². The van der Waals surface area contributed by atoms with Gasteiger partial charge in [-0.05, 0) is 95.2 Å². The summed E-state index contributed by atoms with van der Waals surface area (Å²) in [5.41, 5.74) is 13.6. The number of anilines is 3. The molecule has 3 unspecified atom stereocenters. The predicted octanol–water partition coefficient (Wildman–Crippen LogP) is 6.52. The van der Waals surface area contributed by atoms with E-state index in [-0.39, 0.29) is 105 Å². The van der Waals surface area contributed by atoms with Crippen LogP contribution in [0.4, 0.5) is 17.1 Å². The number of nitriles is 3. The monoisotopic (exact) mass is 1400 g/mol. The number of esters is 1. The minimum atomic E-state index is -0.990. The highest BCUT2D eigenvalue weighted by molar-refractivity contribution is 6.09. The van der Waals surface area contributed by atoms with Gasteiger partial charge in [0.2, 0.25) is 53.2 Å². The molecule has 0 aliphatic carbocycles. The third kappa shape index (κ3) is 13.8. The molecule has 25 nitrogen and oxygen atoms in total. The van der Waals surface area contributed by atoms with E-state index in [0.717, 1.165) is 33.6 Å². The number of benzene rings is 4. The topological polar surface area (TPSA) is 359 Å². The zero-order valence-corrected chi connectivity index (χ0v) is 60.2. The molecule has 542 valence electrons. The predicted molar refractivity (Wildman–Crippen MR) is 380 cm³/mol. The van der Waals surface area contributed by atoms with Crippen molar-refractivity contribution >= 4 is 76.2 Å². The van der Waals surface area contributed by atoms with E-state index in [2.05, 4.69) is 34.2 Å². The minimum absolute atomic E-state index is 0.0833. The molecule has 25 heteroatoms. The Kier molecular flexibility index (Phi) is 20.6. The number of carbonyl (C=O) groups is 10. The zero-order chi connectivity index (χ0) is 74.5. The van der Waals surface area contributed by atoms with E-state index in [9.17, 15) is 63.7 Å². The number of likely N-dealkylation sites (tertiary alicyclic amines) is 6. The molecule has 4 aromatic rings. The summed E-state index contributed by atoms with van der Waals surface area (Å²) in [4.78, 5) is 142. The van der Waals surface area contributed by atoms with Gasteiger partial charge in [-0.2, -0.15) is 15.8 Å². The van der Waals surface area contributed by atoms with Gasteiger partial charge in [-0.15, -0.1) is 0 Å². The van der Waals surface area contributed by atoms with Crippen molar-refractivity contribution in [2.24, 2.45) is 33.6 Å². The van der Waals surface area contributed by atoms with E-state index in [1.54, 1.807) is 14.7 Å². The molecule has 7 N–H and O–H groups in total. The molecule has 9 aliphatic heterocycles. The van der Waals surface area contributed by atoms with E-state index in [1.165, 1.54) is 14.7 Å². The van der Waals surface area contributed by atoms with E-state index in [0.29, 0.717) is 63.8 Å². The Morgan fingerprint density at radius 2 is 0.777 bits per heavy atom. The Morgan fingerprint density at radius 1 is 0.466 bits per heavy atom. The first-order valence-electron chi connectivity index (χ1n) is 35.7. The first kappa shape index (κ1) is 74.2. The van der Waals surface area contributed by atoms with Crippen LogP contribution >= 0.6 is 0 Å². The molecule has 9 heterocycles. The molecule has 3 spiro atoms. The SMILES string of the molecule is CC(C)(C)C(CC(=O)OCc1ccccc1)C(=O)N1CCC[C@H]1C(=O)N1C[C@]2(C[C@H]1C#N)C(=O)Nc1ccccc12.CC(C)(C)C(N)C(=O)N1CCC[C@H]1C(=O)N1C[C@]2(C[C@H]1C#N)C(=O)Nc1ccccc12.CC(C)(C)C(N)C(=O)N1CCC[C@H]1C(=O)N1C[C@]2(C[C@H]1C#N)C(=O)Nc1ccccc12. The van der Waals surface area contributed by atoms with Gasteiger partial charge in [0.1, 0.15) is 42.9 Å². The van der Waals surface area contributed by atoms with Crippen LogP contribution in [0.2, 0.25) is 0 Å². The van der Waals surface area contributed by atoms with Crippen molar-refractivity contribution in [1.29, 1.82) is 15.8 Å².